The minimum atomic E-state index is -0.625. The molecule has 1 aliphatic heterocycles. The van der Waals surface area contributed by atoms with Crippen LogP contribution >= 0.6 is 11.6 Å². The minimum absolute atomic E-state index is 0.218. The predicted molar refractivity (Wildman–Crippen MR) is 114 cm³/mol. The molecule has 3 N–H and O–H groups in total. The number of rotatable bonds is 3. The van der Waals surface area contributed by atoms with Gasteiger partial charge in [-0.25, -0.2) is 4.79 Å². The van der Waals surface area contributed by atoms with E-state index in [0.717, 1.165) is 11.4 Å². The van der Waals surface area contributed by atoms with Crippen molar-refractivity contribution >= 4 is 29.2 Å². The maximum absolute atomic E-state index is 12.8. The Labute approximate surface area is 178 Å². The van der Waals surface area contributed by atoms with Gasteiger partial charge >= 0.3 is 6.03 Å². The van der Waals surface area contributed by atoms with Gasteiger partial charge in [0.2, 0.25) is 0 Å². The fraction of sp³-hybridized carbons (Fsp3) is 0.136. The number of anilines is 1. The number of urea groups is 1. The second kappa shape index (κ2) is 7.93. The molecule has 3 amide bonds. The summed E-state index contributed by atoms with van der Waals surface area (Å²) in [7, 11) is 0. The SMILES string of the molecule is N#Cc1ccc(NC(=O)N2CCc3c(c(C(N)=O)c(Cl)n3-c3ccccc3)C2)cc1. The first-order valence-corrected chi connectivity index (χ1v) is 9.70. The van der Waals surface area contributed by atoms with Gasteiger partial charge in [0.1, 0.15) is 5.15 Å². The first-order valence-electron chi connectivity index (χ1n) is 9.33. The molecule has 150 valence electrons. The highest BCUT2D eigenvalue weighted by atomic mass is 35.5. The molecular formula is C22H18ClN5O2. The Balaban J connectivity index is 1.64. The quantitative estimate of drug-likeness (QED) is 0.676. The number of hydrogen-bond acceptors (Lipinski definition) is 3. The summed E-state index contributed by atoms with van der Waals surface area (Å²) in [5.41, 5.74) is 9.33. The van der Waals surface area contributed by atoms with Crippen molar-refractivity contribution in [3.05, 3.63) is 82.1 Å². The van der Waals surface area contributed by atoms with E-state index in [-0.39, 0.29) is 23.3 Å². The number of carbonyl (C=O) groups is 2. The van der Waals surface area contributed by atoms with Gasteiger partial charge in [-0.1, -0.05) is 29.8 Å². The van der Waals surface area contributed by atoms with Crippen molar-refractivity contribution in [2.75, 3.05) is 11.9 Å². The zero-order valence-corrected chi connectivity index (χ0v) is 16.7. The molecule has 1 aromatic heterocycles. The molecule has 2 aromatic carbocycles. The molecule has 0 saturated heterocycles. The van der Waals surface area contributed by atoms with Crippen LogP contribution in [-0.4, -0.2) is 28.0 Å². The van der Waals surface area contributed by atoms with Crippen LogP contribution in [0.3, 0.4) is 0 Å². The topological polar surface area (TPSA) is 104 Å². The van der Waals surface area contributed by atoms with E-state index < -0.39 is 5.91 Å². The lowest BCUT2D eigenvalue weighted by atomic mass is 10.0. The van der Waals surface area contributed by atoms with Gasteiger partial charge < -0.3 is 20.5 Å². The summed E-state index contributed by atoms with van der Waals surface area (Å²) in [5, 5.41) is 12.0. The van der Waals surface area contributed by atoms with Crippen molar-refractivity contribution in [1.82, 2.24) is 9.47 Å². The predicted octanol–water partition coefficient (Wildman–Crippen LogP) is 3.69. The first-order chi connectivity index (χ1) is 14.5. The van der Waals surface area contributed by atoms with Crippen molar-refractivity contribution in [2.24, 2.45) is 5.73 Å². The summed E-state index contributed by atoms with van der Waals surface area (Å²) < 4.78 is 1.83. The van der Waals surface area contributed by atoms with E-state index in [1.54, 1.807) is 29.2 Å². The van der Waals surface area contributed by atoms with Crippen LogP contribution in [0.1, 0.15) is 27.2 Å². The van der Waals surface area contributed by atoms with Crippen LogP contribution < -0.4 is 11.1 Å². The number of nitrogens with zero attached hydrogens (tertiary/aromatic N) is 3. The van der Waals surface area contributed by atoms with E-state index in [2.05, 4.69) is 5.32 Å². The molecule has 0 aliphatic carbocycles. The molecule has 0 unspecified atom stereocenters. The number of aromatic nitrogens is 1. The van der Waals surface area contributed by atoms with Gasteiger partial charge in [0, 0.05) is 35.6 Å². The van der Waals surface area contributed by atoms with Crippen molar-refractivity contribution in [3.63, 3.8) is 0 Å². The van der Waals surface area contributed by atoms with Crippen LogP contribution in [-0.2, 0) is 13.0 Å². The Morgan fingerprint density at radius 1 is 1.10 bits per heavy atom. The van der Waals surface area contributed by atoms with Gasteiger partial charge in [-0.2, -0.15) is 5.26 Å². The lowest BCUT2D eigenvalue weighted by Gasteiger charge is -2.28. The molecule has 30 heavy (non-hydrogen) atoms. The lowest BCUT2D eigenvalue weighted by molar-refractivity contribution is 0.0998. The molecular weight excluding hydrogens is 402 g/mol. The van der Waals surface area contributed by atoms with Gasteiger partial charge in [0.05, 0.1) is 23.7 Å². The van der Waals surface area contributed by atoms with E-state index in [1.165, 1.54) is 0 Å². The Hall–Kier alpha value is -3.76. The highest BCUT2D eigenvalue weighted by Gasteiger charge is 2.31. The van der Waals surface area contributed by atoms with Crippen LogP contribution in [0.5, 0.6) is 0 Å². The van der Waals surface area contributed by atoms with Crippen molar-refractivity contribution in [2.45, 2.75) is 13.0 Å². The maximum atomic E-state index is 12.8. The fourth-order valence-electron chi connectivity index (χ4n) is 3.68. The Morgan fingerprint density at radius 3 is 2.43 bits per heavy atom. The van der Waals surface area contributed by atoms with Crippen LogP contribution in [0.25, 0.3) is 5.69 Å². The van der Waals surface area contributed by atoms with E-state index in [1.807, 2.05) is 41.0 Å². The number of fused-ring (bicyclic) bond motifs is 1. The van der Waals surface area contributed by atoms with Gasteiger partial charge in [-0.15, -0.1) is 0 Å². The summed E-state index contributed by atoms with van der Waals surface area (Å²) in [5.74, 6) is -0.625. The molecule has 0 fully saturated rings. The third-order valence-electron chi connectivity index (χ3n) is 5.10. The zero-order valence-electron chi connectivity index (χ0n) is 15.9. The molecule has 8 heteroatoms. The Morgan fingerprint density at radius 2 is 1.80 bits per heavy atom. The molecule has 4 rings (SSSR count). The number of nitrogens with one attached hydrogen (secondary N) is 1. The van der Waals surface area contributed by atoms with Crippen molar-refractivity contribution < 1.29 is 9.59 Å². The number of para-hydroxylation sites is 1. The first kappa shape index (κ1) is 19.6. The second-order valence-electron chi connectivity index (χ2n) is 6.92. The van der Waals surface area contributed by atoms with Crippen molar-refractivity contribution in [3.8, 4) is 11.8 Å². The molecule has 0 spiro atoms. The number of nitriles is 1. The second-order valence-corrected chi connectivity index (χ2v) is 7.28. The average molecular weight is 420 g/mol. The Kier molecular flexibility index (Phi) is 5.17. The van der Waals surface area contributed by atoms with E-state index in [4.69, 9.17) is 22.6 Å². The molecule has 2 heterocycles. The highest BCUT2D eigenvalue weighted by molar-refractivity contribution is 6.33. The smallest absolute Gasteiger partial charge is 0.322 e. The number of amides is 3. The zero-order chi connectivity index (χ0) is 21.3. The largest absolute Gasteiger partial charge is 0.365 e. The molecule has 0 radical (unpaired) electrons. The third kappa shape index (κ3) is 3.49. The fourth-order valence-corrected chi connectivity index (χ4v) is 4.09. The monoisotopic (exact) mass is 419 g/mol. The third-order valence-corrected chi connectivity index (χ3v) is 5.46. The lowest BCUT2D eigenvalue weighted by Crippen LogP contribution is -2.39. The maximum Gasteiger partial charge on any atom is 0.322 e. The van der Waals surface area contributed by atoms with E-state index in [0.29, 0.717) is 29.8 Å². The molecule has 0 bridgehead atoms. The van der Waals surface area contributed by atoms with Crippen LogP contribution in [0, 0.1) is 11.3 Å². The average Bonchev–Trinajstić information content (AvgIpc) is 3.06. The van der Waals surface area contributed by atoms with Gasteiger partial charge in [-0.3, -0.25) is 4.79 Å². The summed E-state index contributed by atoms with van der Waals surface area (Å²) in [6, 6.07) is 17.8. The normalized spacial score (nSPS) is 12.7. The summed E-state index contributed by atoms with van der Waals surface area (Å²) in [6.07, 6.45) is 0.526. The molecule has 3 aromatic rings. The van der Waals surface area contributed by atoms with Crippen LogP contribution in [0.4, 0.5) is 10.5 Å². The number of carbonyl (C=O) groups excluding carboxylic acids is 2. The number of primary amides is 1. The number of hydrogen-bond donors (Lipinski definition) is 2. The van der Waals surface area contributed by atoms with Crippen LogP contribution in [0.2, 0.25) is 5.15 Å². The number of halogens is 1. The standard InChI is InChI=1S/C22H18ClN5O2/c23-20-19(21(25)29)17-13-27(22(30)26-15-8-6-14(12-24)7-9-15)11-10-18(17)28(20)16-4-2-1-3-5-16/h1-9H,10-11,13H2,(H2,25,29)(H,26,30). The molecule has 0 saturated carbocycles. The van der Waals surface area contributed by atoms with Gasteiger partial charge in [0.25, 0.3) is 5.91 Å². The van der Waals surface area contributed by atoms with E-state index in [9.17, 15) is 9.59 Å². The summed E-state index contributed by atoms with van der Waals surface area (Å²) in [6.45, 7) is 0.676. The molecule has 7 nitrogen and oxygen atoms in total. The molecule has 0 atom stereocenters. The number of nitrogens with two attached hydrogens (primary N) is 1. The van der Waals surface area contributed by atoms with Crippen molar-refractivity contribution in [1.29, 1.82) is 5.26 Å². The van der Waals surface area contributed by atoms with Gasteiger partial charge in [0.15, 0.2) is 0 Å². The summed E-state index contributed by atoms with van der Waals surface area (Å²) in [4.78, 5) is 26.5. The highest BCUT2D eigenvalue weighted by Crippen LogP contribution is 2.34. The summed E-state index contributed by atoms with van der Waals surface area (Å²) >= 11 is 6.55. The van der Waals surface area contributed by atoms with E-state index >= 15 is 0 Å². The molecule has 1 aliphatic rings. The van der Waals surface area contributed by atoms with Gasteiger partial charge in [-0.05, 0) is 36.4 Å². The number of benzene rings is 2. The van der Waals surface area contributed by atoms with Crippen LogP contribution in [0.15, 0.2) is 54.6 Å². The Bertz CT molecular complexity index is 1160. The minimum Gasteiger partial charge on any atom is -0.365 e.